The standard InChI is InChI=1S/C25H20N2O5/c28-22(26-14-18-6-4-12-31-18)15-32-25(29)23-19-7-1-2-8-21(19)27-24-16(9-10-20(23)24)13-17-5-3-11-30-17/h1-8,11-13H,9-10,14-15H2,(H,26,28)/b16-13+. The summed E-state index contributed by atoms with van der Waals surface area (Å²) in [4.78, 5) is 30.0. The van der Waals surface area contributed by atoms with Gasteiger partial charge >= 0.3 is 5.97 Å². The monoisotopic (exact) mass is 428 g/mol. The lowest BCUT2D eigenvalue weighted by Gasteiger charge is -2.12. The number of carbonyl (C=O) groups excluding carboxylic acids is 2. The van der Waals surface area contributed by atoms with Gasteiger partial charge in [-0.05, 0) is 60.4 Å². The largest absolute Gasteiger partial charge is 0.467 e. The van der Waals surface area contributed by atoms with E-state index >= 15 is 0 Å². The summed E-state index contributed by atoms with van der Waals surface area (Å²) in [7, 11) is 0. The third-order valence-electron chi connectivity index (χ3n) is 5.38. The van der Waals surface area contributed by atoms with Crippen LogP contribution in [0, 0.1) is 0 Å². The topological polar surface area (TPSA) is 94.6 Å². The van der Waals surface area contributed by atoms with E-state index in [0.29, 0.717) is 28.6 Å². The predicted molar refractivity (Wildman–Crippen MR) is 117 cm³/mol. The van der Waals surface area contributed by atoms with Crippen molar-refractivity contribution >= 4 is 34.4 Å². The first-order chi connectivity index (χ1) is 15.7. The molecule has 0 saturated carbocycles. The van der Waals surface area contributed by atoms with Crippen molar-refractivity contribution in [3.05, 3.63) is 89.4 Å². The second-order valence-electron chi connectivity index (χ2n) is 7.45. The molecule has 32 heavy (non-hydrogen) atoms. The number of carbonyl (C=O) groups is 2. The van der Waals surface area contributed by atoms with E-state index in [4.69, 9.17) is 18.6 Å². The number of aromatic nitrogens is 1. The summed E-state index contributed by atoms with van der Waals surface area (Å²) in [5.41, 5.74) is 3.78. The minimum atomic E-state index is -0.535. The molecule has 0 unspecified atom stereocenters. The van der Waals surface area contributed by atoms with Crippen LogP contribution in [-0.2, 0) is 22.5 Å². The van der Waals surface area contributed by atoms with Crippen LogP contribution in [0.2, 0.25) is 0 Å². The van der Waals surface area contributed by atoms with E-state index in [1.807, 2.05) is 42.5 Å². The van der Waals surface area contributed by atoms with Crippen LogP contribution >= 0.6 is 0 Å². The number of esters is 1. The Morgan fingerprint density at radius 3 is 2.69 bits per heavy atom. The molecule has 0 fully saturated rings. The molecule has 0 radical (unpaired) electrons. The molecular weight excluding hydrogens is 408 g/mol. The number of furan rings is 2. The molecule has 4 aromatic rings. The molecule has 0 saturated heterocycles. The van der Waals surface area contributed by atoms with Crippen LogP contribution in [-0.4, -0.2) is 23.5 Å². The summed E-state index contributed by atoms with van der Waals surface area (Å²) in [6.07, 6.45) is 6.50. The van der Waals surface area contributed by atoms with Crippen LogP contribution in [0.4, 0.5) is 0 Å². The van der Waals surface area contributed by atoms with Crippen LogP contribution in [0.3, 0.4) is 0 Å². The third-order valence-corrected chi connectivity index (χ3v) is 5.38. The van der Waals surface area contributed by atoms with Crippen LogP contribution in [0.25, 0.3) is 22.6 Å². The first-order valence-electron chi connectivity index (χ1n) is 10.3. The molecule has 1 aliphatic rings. The zero-order valence-electron chi connectivity index (χ0n) is 17.2. The van der Waals surface area contributed by atoms with Gasteiger partial charge in [-0.25, -0.2) is 9.78 Å². The van der Waals surface area contributed by atoms with Gasteiger partial charge < -0.3 is 18.9 Å². The van der Waals surface area contributed by atoms with Crippen molar-refractivity contribution in [1.29, 1.82) is 0 Å². The van der Waals surface area contributed by atoms with Crippen molar-refractivity contribution in [1.82, 2.24) is 10.3 Å². The van der Waals surface area contributed by atoms with Gasteiger partial charge in [-0.2, -0.15) is 0 Å². The number of hydrogen-bond donors (Lipinski definition) is 1. The zero-order valence-corrected chi connectivity index (χ0v) is 17.2. The van der Waals surface area contributed by atoms with E-state index in [9.17, 15) is 9.59 Å². The van der Waals surface area contributed by atoms with Gasteiger partial charge in [-0.1, -0.05) is 18.2 Å². The smallest absolute Gasteiger partial charge is 0.339 e. The number of fused-ring (bicyclic) bond motifs is 2. The Kier molecular flexibility index (Phi) is 5.29. The highest BCUT2D eigenvalue weighted by molar-refractivity contribution is 6.07. The Morgan fingerprint density at radius 1 is 1.03 bits per heavy atom. The lowest BCUT2D eigenvalue weighted by atomic mass is 10.0. The van der Waals surface area contributed by atoms with E-state index in [1.54, 1.807) is 18.4 Å². The minimum Gasteiger partial charge on any atom is -0.467 e. The number of pyridine rings is 1. The van der Waals surface area contributed by atoms with Gasteiger partial charge in [0.1, 0.15) is 11.5 Å². The van der Waals surface area contributed by atoms with Crippen LogP contribution < -0.4 is 5.32 Å². The lowest BCUT2D eigenvalue weighted by Crippen LogP contribution is -2.28. The molecule has 0 aliphatic heterocycles. The number of allylic oxidation sites excluding steroid dienone is 1. The second-order valence-corrected chi connectivity index (χ2v) is 7.45. The summed E-state index contributed by atoms with van der Waals surface area (Å²) >= 11 is 0. The maximum Gasteiger partial charge on any atom is 0.339 e. The number of rotatable bonds is 6. The zero-order chi connectivity index (χ0) is 21.9. The van der Waals surface area contributed by atoms with E-state index in [-0.39, 0.29) is 13.2 Å². The van der Waals surface area contributed by atoms with Crippen LogP contribution in [0.5, 0.6) is 0 Å². The number of para-hydroxylation sites is 1. The van der Waals surface area contributed by atoms with E-state index in [0.717, 1.165) is 29.0 Å². The highest BCUT2D eigenvalue weighted by Crippen LogP contribution is 2.37. The molecule has 160 valence electrons. The van der Waals surface area contributed by atoms with Crippen molar-refractivity contribution < 1.29 is 23.2 Å². The minimum absolute atomic E-state index is 0.234. The van der Waals surface area contributed by atoms with Crippen molar-refractivity contribution in [3.8, 4) is 0 Å². The summed E-state index contributed by atoms with van der Waals surface area (Å²) in [6.45, 7) is -0.141. The fourth-order valence-corrected chi connectivity index (χ4v) is 3.91. The molecule has 0 atom stereocenters. The predicted octanol–water partition coefficient (Wildman–Crippen LogP) is 4.38. The SMILES string of the molecule is O=C(COC(=O)c1c2c(nc3ccccc13)/C(=C/c1ccco1)CC2)NCc1ccco1. The number of amides is 1. The molecule has 1 amide bonds. The van der Waals surface area contributed by atoms with Gasteiger partial charge in [0.25, 0.3) is 5.91 Å². The maximum atomic E-state index is 13.1. The lowest BCUT2D eigenvalue weighted by molar-refractivity contribution is -0.124. The molecule has 7 heteroatoms. The van der Waals surface area contributed by atoms with E-state index in [2.05, 4.69) is 5.32 Å². The summed E-state index contributed by atoms with van der Waals surface area (Å²) in [5, 5.41) is 3.39. The average molecular weight is 428 g/mol. The van der Waals surface area contributed by atoms with Gasteiger partial charge in [-0.15, -0.1) is 0 Å². The van der Waals surface area contributed by atoms with E-state index in [1.165, 1.54) is 6.26 Å². The Hall–Kier alpha value is -4.13. The quantitative estimate of drug-likeness (QED) is 0.458. The highest BCUT2D eigenvalue weighted by atomic mass is 16.5. The van der Waals surface area contributed by atoms with Crippen LogP contribution in [0.15, 0.2) is 69.9 Å². The number of nitrogens with zero attached hydrogens (tertiary/aromatic N) is 1. The number of benzene rings is 1. The van der Waals surface area contributed by atoms with Gasteiger partial charge in [0.15, 0.2) is 6.61 Å². The molecule has 1 N–H and O–H groups in total. The molecule has 3 aromatic heterocycles. The Labute approximate surface area is 183 Å². The van der Waals surface area contributed by atoms with Gasteiger partial charge in [0, 0.05) is 5.39 Å². The molecular formula is C25H20N2O5. The number of ether oxygens (including phenoxy) is 1. The Morgan fingerprint density at radius 2 is 1.88 bits per heavy atom. The fraction of sp³-hybridized carbons (Fsp3) is 0.160. The van der Waals surface area contributed by atoms with Crippen molar-refractivity contribution in [2.75, 3.05) is 6.61 Å². The van der Waals surface area contributed by atoms with Gasteiger partial charge in [0.2, 0.25) is 0 Å². The van der Waals surface area contributed by atoms with Crippen molar-refractivity contribution in [3.63, 3.8) is 0 Å². The van der Waals surface area contributed by atoms with Gasteiger partial charge in [-0.3, -0.25) is 4.79 Å². The fourth-order valence-electron chi connectivity index (χ4n) is 3.91. The van der Waals surface area contributed by atoms with Gasteiger partial charge in [0.05, 0.1) is 35.8 Å². The summed E-state index contributed by atoms with van der Waals surface area (Å²) in [6, 6.07) is 14.7. The number of nitrogens with one attached hydrogen (secondary N) is 1. The molecule has 1 aliphatic carbocycles. The summed E-state index contributed by atoms with van der Waals surface area (Å²) < 4.78 is 16.0. The summed E-state index contributed by atoms with van der Waals surface area (Å²) in [5.74, 6) is 0.425. The first-order valence-corrected chi connectivity index (χ1v) is 10.3. The normalized spacial score (nSPS) is 13.9. The molecule has 5 rings (SSSR count). The Balaban J connectivity index is 1.40. The van der Waals surface area contributed by atoms with Crippen molar-refractivity contribution in [2.24, 2.45) is 0 Å². The maximum absolute atomic E-state index is 13.1. The third kappa shape index (κ3) is 3.92. The number of hydrogen-bond acceptors (Lipinski definition) is 6. The second kappa shape index (κ2) is 8.55. The highest BCUT2D eigenvalue weighted by Gasteiger charge is 2.28. The first kappa shape index (κ1) is 19.8. The molecule has 1 aromatic carbocycles. The molecule has 0 spiro atoms. The molecule has 7 nitrogen and oxygen atoms in total. The Bertz CT molecular complexity index is 1300. The molecule has 0 bridgehead atoms. The average Bonchev–Trinajstić information content (AvgIpc) is 3.58. The van der Waals surface area contributed by atoms with E-state index < -0.39 is 11.9 Å². The van der Waals surface area contributed by atoms with Crippen LogP contribution in [0.1, 0.15) is 39.6 Å². The molecule has 3 heterocycles. The van der Waals surface area contributed by atoms with Crippen molar-refractivity contribution in [2.45, 2.75) is 19.4 Å².